The third-order valence-corrected chi connectivity index (χ3v) is 5.43. The molecule has 1 aromatic heterocycles. The van der Waals surface area contributed by atoms with Gasteiger partial charge in [-0.25, -0.2) is 13.4 Å². The summed E-state index contributed by atoms with van der Waals surface area (Å²) in [6, 6.07) is 7.07. The molecular formula is C13H15N3O2S. The lowest BCUT2D eigenvalue weighted by Crippen LogP contribution is -2.38. The average molecular weight is 277 g/mol. The van der Waals surface area contributed by atoms with Gasteiger partial charge < -0.3 is 4.57 Å². The Hall–Kier alpha value is -1.66. The molecule has 0 spiro atoms. The van der Waals surface area contributed by atoms with Gasteiger partial charge >= 0.3 is 0 Å². The van der Waals surface area contributed by atoms with E-state index >= 15 is 0 Å². The van der Waals surface area contributed by atoms with E-state index in [0.29, 0.717) is 24.5 Å². The first-order chi connectivity index (χ1) is 9.09. The molecule has 0 saturated heterocycles. The van der Waals surface area contributed by atoms with Crippen molar-refractivity contribution in [3.05, 3.63) is 48.0 Å². The molecule has 0 N–H and O–H groups in total. The third kappa shape index (κ3) is 2.06. The van der Waals surface area contributed by atoms with Crippen LogP contribution in [-0.2, 0) is 23.1 Å². The Bertz CT molecular complexity index is 706. The number of benzene rings is 1. The van der Waals surface area contributed by atoms with Gasteiger partial charge in [0.15, 0.2) is 0 Å². The zero-order valence-corrected chi connectivity index (χ0v) is 11.5. The van der Waals surface area contributed by atoms with Crippen molar-refractivity contribution >= 4 is 10.0 Å². The van der Waals surface area contributed by atoms with Crippen LogP contribution in [0.4, 0.5) is 0 Å². The highest BCUT2D eigenvalue weighted by Gasteiger charge is 2.29. The zero-order valence-electron chi connectivity index (χ0n) is 10.7. The summed E-state index contributed by atoms with van der Waals surface area (Å²) in [6.07, 6.45) is 3.59. The molecule has 0 saturated carbocycles. The minimum atomic E-state index is -3.43. The minimum absolute atomic E-state index is 0.337. The van der Waals surface area contributed by atoms with Crippen LogP contribution in [0.25, 0.3) is 0 Å². The van der Waals surface area contributed by atoms with Crippen LogP contribution in [0.1, 0.15) is 11.4 Å². The molecular weight excluding hydrogens is 262 g/mol. The summed E-state index contributed by atoms with van der Waals surface area (Å²) in [6.45, 7) is 3.29. The second-order valence-electron chi connectivity index (χ2n) is 4.64. The van der Waals surface area contributed by atoms with Crippen LogP contribution < -0.4 is 0 Å². The van der Waals surface area contributed by atoms with Crippen molar-refractivity contribution in [1.82, 2.24) is 13.9 Å². The van der Waals surface area contributed by atoms with Gasteiger partial charge in [-0.2, -0.15) is 4.31 Å². The van der Waals surface area contributed by atoms with Crippen molar-refractivity contribution in [3.63, 3.8) is 0 Å². The summed E-state index contributed by atoms with van der Waals surface area (Å²) in [7, 11) is -3.43. The summed E-state index contributed by atoms with van der Waals surface area (Å²) >= 11 is 0. The Balaban J connectivity index is 1.97. The fourth-order valence-corrected chi connectivity index (χ4v) is 3.95. The standard InChI is InChI=1S/C13H15N3O2S/c1-11-4-2-3-5-12(11)19(17,18)16-9-8-15-7-6-14-13(15)10-16/h2-7H,8-10H2,1H3. The molecule has 6 heteroatoms. The van der Waals surface area contributed by atoms with Gasteiger partial charge in [0.05, 0.1) is 11.4 Å². The molecule has 2 heterocycles. The Kier molecular flexibility index (Phi) is 2.91. The van der Waals surface area contributed by atoms with E-state index in [1.54, 1.807) is 18.3 Å². The smallest absolute Gasteiger partial charge is 0.243 e. The molecule has 0 bridgehead atoms. The molecule has 1 aliphatic rings. The van der Waals surface area contributed by atoms with Crippen LogP contribution in [0.15, 0.2) is 41.6 Å². The molecule has 0 radical (unpaired) electrons. The Morgan fingerprint density at radius 1 is 1.21 bits per heavy atom. The molecule has 0 amide bonds. The zero-order chi connectivity index (χ0) is 13.5. The van der Waals surface area contributed by atoms with Crippen molar-refractivity contribution in [2.75, 3.05) is 6.54 Å². The van der Waals surface area contributed by atoms with Crippen LogP contribution in [-0.4, -0.2) is 28.8 Å². The summed E-state index contributed by atoms with van der Waals surface area (Å²) < 4.78 is 28.7. The van der Waals surface area contributed by atoms with E-state index in [-0.39, 0.29) is 0 Å². The quantitative estimate of drug-likeness (QED) is 0.833. The van der Waals surface area contributed by atoms with E-state index < -0.39 is 10.0 Å². The SMILES string of the molecule is Cc1ccccc1S(=O)(=O)N1CCn2ccnc2C1. The number of imidazole rings is 1. The van der Waals surface area contributed by atoms with Crippen molar-refractivity contribution in [2.24, 2.45) is 0 Å². The Labute approximate surface area is 112 Å². The molecule has 0 unspecified atom stereocenters. The second-order valence-corrected chi connectivity index (χ2v) is 6.55. The maximum atomic E-state index is 12.6. The van der Waals surface area contributed by atoms with Crippen LogP contribution in [0, 0.1) is 6.92 Å². The summed E-state index contributed by atoms with van der Waals surface area (Å²) in [5.74, 6) is 0.795. The average Bonchev–Trinajstić information content (AvgIpc) is 2.86. The van der Waals surface area contributed by atoms with Gasteiger partial charge in [-0.3, -0.25) is 0 Å². The van der Waals surface area contributed by atoms with E-state index in [2.05, 4.69) is 4.98 Å². The molecule has 1 aliphatic heterocycles. The molecule has 0 aliphatic carbocycles. The second kappa shape index (κ2) is 4.47. The van der Waals surface area contributed by atoms with Crippen molar-refractivity contribution in [2.45, 2.75) is 24.9 Å². The Morgan fingerprint density at radius 2 is 2.00 bits per heavy atom. The first-order valence-corrected chi connectivity index (χ1v) is 7.59. The number of fused-ring (bicyclic) bond motifs is 1. The fraction of sp³-hybridized carbons (Fsp3) is 0.308. The number of sulfonamides is 1. The number of aromatic nitrogens is 2. The van der Waals surface area contributed by atoms with Gasteiger partial charge in [-0.15, -0.1) is 0 Å². The highest BCUT2D eigenvalue weighted by atomic mass is 32.2. The van der Waals surface area contributed by atoms with Crippen molar-refractivity contribution in [1.29, 1.82) is 0 Å². The maximum Gasteiger partial charge on any atom is 0.243 e. The van der Waals surface area contributed by atoms with Gasteiger partial charge in [0.25, 0.3) is 0 Å². The first-order valence-electron chi connectivity index (χ1n) is 6.15. The third-order valence-electron chi connectivity index (χ3n) is 3.42. The molecule has 0 fully saturated rings. The molecule has 19 heavy (non-hydrogen) atoms. The van der Waals surface area contributed by atoms with Gasteiger partial charge in [0.2, 0.25) is 10.0 Å². The highest BCUT2D eigenvalue weighted by molar-refractivity contribution is 7.89. The number of nitrogens with zero attached hydrogens (tertiary/aromatic N) is 3. The molecule has 1 aromatic carbocycles. The van der Waals surface area contributed by atoms with E-state index in [1.165, 1.54) is 4.31 Å². The highest BCUT2D eigenvalue weighted by Crippen LogP contribution is 2.23. The van der Waals surface area contributed by atoms with E-state index in [1.807, 2.05) is 29.8 Å². The summed E-state index contributed by atoms with van der Waals surface area (Å²) in [5.41, 5.74) is 0.774. The monoisotopic (exact) mass is 277 g/mol. The van der Waals surface area contributed by atoms with Crippen LogP contribution in [0.2, 0.25) is 0 Å². The van der Waals surface area contributed by atoms with Crippen LogP contribution >= 0.6 is 0 Å². The van der Waals surface area contributed by atoms with Crippen LogP contribution in [0.3, 0.4) is 0 Å². The van der Waals surface area contributed by atoms with E-state index in [0.717, 1.165) is 11.4 Å². The molecule has 2 aromatic rings. The van der Waals surface area contributed by atoms with Gasteiger partial charge in [-0.1, -0.05) is 18.2 Å². The number of aryl methyl sites for hydroxylation is 1. The first kappa shape index (κ1) is 12.4. The number of hydrogen-bond acceptors (Lipinski definition) is 3. The molecule has 5 nitrogen and oxygen atoms in total. The fourth-order valence-electron chi connectivity index (χ4n) is 2.34. The lowest BCUT2D eigenvalue weighted by Gasteiger charge is -2.27. The topological polar surface area (TPSA) is 55.2 Å². The van der Waals surface area contributed by atoms with Crippen molar-refractivity contribution in [3.8, 4) is 0 Å². The predicted octanol–water partition coefficient (Wildman–Crippen LogP) is 1.40. The van der Waals surface area contributed by atoms with Crippen LogP contribution in [0.5, 0.6) is 0 Å². The predicted molar refractivity (Wildman–Crippen MR) is 71.0 cm³/mol. The molecule has 0 atom stereocenters. The summed E-state index contributed by atoms with van der Waals surface area (Å²) in [5, 5.41) is 0. The Morgan fingerprint density at radius 3 is 2.79 bits per heavy atom. The lowest BCUT2D eigenvalue weighted by molar-refractivity contribution is 0.335. The molecule has 3 rings (SSSR count). The van der Waals surface area contributed by atoms with E-state index in [9.17, 15) is 8.42 Å². The van der Waals surface area contributed by atoms with E-state index in [4.69, 9.17) is 0 Å². The number of rotatable bonds is 2. The normalized spacial score (nSPS) is 16.3. The van der Waals surface area contributed by atoms with Gasteiger partial charge in [-0.05, 0) is 18.6 Å². The lowest BCUT2D eigenvalue weighted by atomic mass is 10.2. The molecule has 100 valence electrons. The van der Waals surface area contributed by atoms with Gasteiger partial charge in [0.1, 0.15) is 5.82 Å². The van der Waals surface area contributed by atoms with Gasteiger partial charge in [0, 0.05) is 25.5 Å². The largest absolute Gasteiger partial charge is 0.333 e. The maximum absolute atomic E-state index is 12.6. The number of hydrogen-bond donors (Lipinski definition) is 0. The van der Waals surface area contributed by atoms with Crippen molar-refractivity contribution < 1.29 is 8.42 Å². The minimum Gasteiger partial charge on any atom is -0.333 e. The summed E-state index contributed by atoms with van der Waals surface area (Å²) in [4.78, 5) is 4.58.